The summed E-state index contributed by atoms with van der Waals surface area (Å²) in [7, 11) is 0. The lowest BCUT2D eigenvalue weighted by Crippen LogP contribution is -2.45. The zero-order chi connectivity index (χ0) is 15.8. The Morgan fingerprint density at radius 2 is 1.86 bits per heavy atom. The highest BCUT2D eigenvalue weighted by Crippen LogP contribution is 2.19. The molecule has 0 aliphatic heterocycles. The van der Waals surface area contributed by atoms with Gasteiger partial charge in [0.05, 0.1) is 6.61 Å². The van der Waals surface area contributed by atoms with Gasteiger partial charge in [0, 0.05) is 17.2 Å². The summed E-state index contributed by atoms with van der Waals surface area (Å²) in [4.78, 5) is 12.5. The molecular weight excluding hydrogens is 282 g/mol. The maximum Gasteiger partial charge on any atom is 0.223 e. The Morgan fingerprint density at radius 1 is 1.24 bits per heavy atom. The van der Waals surface area contributed by atoms with E-state index in [1.165, 1.54) is 5.56 Å². The highest BCUT2D eigenvalue weighted by atomic mass is 32.2. The van der Waals surface area contributed by atoms with E-state index in [0.29, 0.717) is 0 Å². The fraction of sp³-hybridized carbons (Fsp3) is 0.588. The van der Waals surface area contributed by atoms with Crippen LogP contribution in [-0.4, -0.2) is 35.2 Å². The van der Waals surface area contributed by atoms with Crippen LogP contribution in [0.15, 0.2) is 30.3 Å². The van der Waals surface area contributed by atoms with E-state index in [-0.39, 0.29) is 35.6 Å². The number of aliphatic hydroxyl groups excluding tert-OH is 1. The summed E-state index contributed by atoms with van der Waals surface area (Å²) in [5.74, 6) is 0.309. The van der Waals surface area contributed by atoms with Crippen LogP contribution in [0.25, 0.3) is 0 Å². The Kier molecular flexibility index (Phi) is 7.83. The normalized spacial score (nSPS) is 15.5. The molecule has 0 saturated carbocycles. The molecule has 3 unspecified atom stereocenters. The van der Waals surface area contributed by atoms with Gasteiger partial charge in [-0.25, -0.2) is 0 Å². The van der Waals surface area contributed by atoms with Gasteiger partial charge in [-0.15, -0.1) is 0 Å². The second kappa shape index (κ2) is 9.11. The molecule has 2 N–H and O–H groups in total. The summed E-state index contributed by atoms with van der Waals surface area (Å²) in [5.41, 5.74) is 1.18. The third kappa shape index (κ3) is 5.71. The molecule has 1 aromatic carbocycles. The number of hydrogen-bond acceptors (Lipinski definition) is 3. The monoisotopic (exact) mass is 309 g/mol. The molecule has 1 aromatic rings. The van der Waals surface area contributed by atoms with Crippen molar-refractivity contribution in [3.05, 3.63) is 35.9 Å². The van der Waals surface area contributed by atoms with E-state index in [1.54, 1.807) is 11.8 Å². The molecule has 0 spiro atoms. The van der Waals surface area contributed by atoms with Crippen molar-refractivity contribution in [3.8, 4) is 0 Å². The Labute approximate surface area is 132 Å². The molecule has 0 heterocycles. The van der Waals surface area contributed by atoms with E-state index in [2.05, 4.69) is 31.3 Å². The fourth-order valence-corrected chi connectivity index (χ4v) is 2.99. The van der Waals surface area contributed by atoms with Crippen molar-refractivity contribution in [1.82, 2.24) is 5.32 Å². The Balaban J connectivity index is 2.70. The molecule has 0 aromatic heterocycles. The molecule has 0 saturated heterocycles. The van der Waals surface area contributed by atoms with E-state index in [0.717, 1.165) is 6.42 Å². The lowest BCUT2D eigenvalue weighted by atomic mass is 9.88. The standard InChI is InChI=1S/C17H27NO2S/c1-12(2)15(10-14-8-6-5-7-9-14)17(20)18-13(3)16(11-19)21-4/h5-9,12-13,15-16,19H,10-11H2,1-4H3,(H,18,20). The highest BCUT2D eigenvalue weighted by Gasteiger charge is 2.25. The number of aliphatic hydroxyl groups is 1. The Hall–Kier alpha value is -1.00. The van der Waals surface area contributed by atoms with Crippen molar-refractivity contribution in [1.29, 1.82) is 0 Å². The van der Waals surface area contributed by atoms with Crippen molar-refractivity contribution in [2.24, 2.45) is 11.8 Å². The zero-order valence-electron chi connectivity index (χ0n) is 13.4. The first kappa shape index (κ1) is 18.1. The van der Waals surface area contributed by atoms with Gasteiger partial charge in [0.2, 0.25) is 5.91 Å². The average Bonchev–Trinajstić information content (AvgIpc) is 2.46. The average molecular weight is 309 g/mol. The van der Waals surface area contributed by atoms with Crippen LogP contribution in [0.2, 0.25) is 0 Å². The molecule has 3 nitrogen and oxygen atoms in total. The molecule has 1 rings (SSSR count). The SMILES string of the molecule is CSC(CO)C(C)NC(=O)C(Cc1ccccc1)C(C)C. The van der Waals surface area contributed by atoms with Crippen molar-refractivity contribution in [2.75, 3.05) is 12.9 Å². The van der Waals surface area contributed by atoms with Gasteiger partial charge in [-0.05, 0) is 31.1 Å². The number of amides is 1. The van der Waals surface area contributed by atoms with Crippen LogP contribution in [0, 0.1) is 11.8 Å². The summed E-state index contributed by atoms with van der Waals surface area (Å²) < 4.78 is 0. The maximum absolute atomic E-state index is 12.5. The third-order valence-electron chi connectivity index (χ3n) is 3.85. The molecule has 0 radical (unpaired) electrons. The number of thioether (sulfide) groups is 1. The number of rotatable bonds is 8. The molecular formula is C17H27NO2S. The molecule has 0 aliphatic rings. The minimum atomic E-state index is -0.0453. The van der Waals surface area contributed by atoms with Gasteiger partial charge < -0.3 is 10.4 Å². The van der Waals surface area contributed by atoms with E-state index in [1.807, 2.05) is 31.4 Å². The summed E-state index contributed by atoms with van der Waals surface area (Å²) in [6, 6.07) is 10.1. The fourth-order valence-electron chi connectivity index (χ4n) is 2.36. The van der Waals surface area contributed by atoms with Crippen molar-refractivity contribution in [3.63, 3.8) is 0 Å². The minimum Gasteiger partial charge on any atom is -0.395 e. The highest BCUT2D eigenvalue weighted by molar-refractivity contribution is 7.99. The van der Waals surface area contributed by atoms with E-state index in [4.69, 9.17) is 0 Å². The van der Waals surface area contributed by atoms with Crippen molar-refractivity contribution in [2.45, 2.75) is 38.5 Å². The molecule has 118 valence electrons. The molecule has 1 amide bonds. The molecule has 0 aliphatic carbocycles. The maximum atomic E-state index is 12.5. The predicted molar refractivity (Wildman–Crippen MR) is 90.5 cm³/mol. The number of hydrogen-bond donors (Lipinski definition) is 2. The zero-order valence-corrected chi connectivity index (χ0v) is 14.2. The number of carbonyl (C=O) groups excluding carboxylic acids is 1. The molecule has 3 atom stereocenters. The summed E-state index contributed by atoms with van der Waals surface area (Å²) in [6.45, 7) is 6.19. The topological polar surface area (TPSA) is 49.3 Å². The van der Waals surface area contributed by atoms with Crippen molar-refractivity contribution < 1.29 is 9.90 Å². The molecule has 4 heteroatoms. The second-order valence-electron chi connectivity index (χ2n) is 5.79. The van der Waals surface area contributed by atoms with E-state index < -0.39 is 0 Å². The van der Waals surface area contributed by atoms with Gasteiger partial charge in [0.15, 0.2) is 0 Å². The van der Waals surface area contributed by atoms with E-state index in [9.17, 15) is 9.90 Å². The Morgan fingerprint density at radius 3 is 2.33 bits per heavy atom. The smallest absolute Gasteiger partial charge is 0.223 e. The summed E-state index contributed by atoms with van der Waals surface area (Å²) in [6.07, 6.45) is 2.70. The molecule has 0 bridgehead atoms. The van der Waals surface area contributed by atoms with Gasteiger partial charge in [-0.1, -0.05) is 44.2 Å². The van der Waals surface area contributed by atoms with Crippen LogP contribution in [0.4, 0.5) is 0 Å². The van der Waals surface area contributed by atoms with Gasteiger partial charge in [-0.3, -0.25) is 4.79 Å². The Bertz CT molecular complexity index is 418. The number of nitrogens with one attached hydrogen (secondary N) is 1. The lowest BCUT2D eigenvalue weighted by molar-refractivity contribution is -0.126. The number of carbonyl (C=O) groups is 1. The van der Waals surface area contributed by atoms with Crippen LogP contribution in [0.5, 0.6) is 0 Å². The minimum absolute atomic E-state index is 0.0328. The second-order valence-corrected chi connectivity index (χ2v) is 6.87. The quantitative estimate of drug-likeness (QED) is 0.776. The largest absolute Gasteiger partial charge is 0.395 e. The van der Waals surface area contributed by atoms with Crippen LogP contribution >= 0.6 is 11.8 Å². The van der Waals surface area contributed by atoms with Crippen LogP contribution in [0.1, 0.15) is 26.3 Å². The molecule has 0 fully saturated rings. The first-order chi connectivity index (χ1) is 9.99. The predicted octanol–water partition coefficient (Wildman–Crippen LogP) is 2.73. The third-order valence-corrected chi connectivity index (χ3v) is 5.01. The van der Waals surface area contributed by atoms with Gasteiger partial charge in [0.1, 0.15) is 0 Å². The van der Waals surface area contributed by atoms with Crippen LogP contribution in [0.3, 0.4) is 0 Å². The van der Waals surface area contributed by atoms with Crippen LogP contribution in [-0.2, 0) is 11.2 Å². The van der Waals surface area contributed by atoms with E-state index >= 15 is 0 Å². The van der Waals surface area contributed by atoms with Gasteiger partial charge in [0.25, 0.3) is 0 Å². The summed E-state index contributed by atoms with van der Waals surface area (Å²) >= 11 is 1.58. The molecule has 21 heavy (non-hydrogen) atoms. The van der Waals surface area contributed by atoms with Gasteiger partial charge in [-0.2, -0.15) is 11.8 Å². The number of benzene rings is 1. The first-order valence-electron chi connectivity index (χ1n) is 7.47. The lowest BCUT2D eigenvalue weighted by Gasteiger charge is -2.26. The first-order valence-corrected chi connectivity index (χ1v) is 8.76. The van der Waals surface area contributed by atoms with Crippen molar-refractivity contribution >= 4 is 17.7 Å². The summed E-state index contributed by atoms with van der Waals surface area (Å²) in [5, 5.41) is 12.4. The van der Waals surface area contributed by atoms with Crippen LogP contribution < -0.4 is 5.32 Å². The van der Waals surface area contributed by atoms with Gasteiger partial charge >= 0.3 is 0 Å².